The zero-order chi connectivity index (χ0) is 21.8. The number of anilines is 2. The summed E-state index contributed by atoms with van der Waals surface area (Å²) in [7, 11) is 0. The molecule has 1 aromatic heterocycles. The summed E-state index contributed by atoms with van der Waals surface area (Å²) in [6, 6.07) is 4.08. The molecule has 1 spiro atoms. The SMILES string of the molecule is CC(C)COC(=O)Nc1ccc(N2CCCC3(CCN(C4CCOCC4)C3=O)C2)nc1. The number of carbonyl (C=O) groups excluding carboxylic acids is 2. The van der Waals surface area contributed by atoms with E-state index in [2.05, 4.69) is 20.1 Å². The van der Waals surface area contributed by atoms with Crippen LogP contribution in [0.2, 0.25) is 0 Å². The highest BCUT2D eigenvalue weighted by molar-refractivity contribution is 5.86. The lowest BCUT2D eigenvalue weighted by atomic mass is 9.78. The van der Waals surface area contributed by atoms with Gasteiger partial charge < -0.3 is 19.3 Å². The zero-order valence-electron chi connectivity index (χ0n) is 18.6. The summed E-state index contributed by atoms with van der Waals surface area (Å²) in [6.45, 7) is 8.33. The molecular formula is C23H34N4O4. The fraction of sp³-hybridized carbons (Fsp3) is 0.696. The van der Waals surface area contributed by atoms with Gasteiger partial charge in [0.1, 0.15) is 5.82 Å². The fourth-order valence-electron chi connectivity index (χ4n) is 4.94. The minimum atomic E-state index is -0.468. The first-order valence-corrected chi connectivity index (χ1v) is 11.5. The van der Waals surface area contributed by atoms with Gasteiger partial charge in [-0.2, -0.15) is 0 Å². The van der Waals surface area contributed by atoms with E-state index >= 15 is 0 Å². The maximum Gasteiger partial charge on any atom is 0.411 e. The average molecular weight is 431 g/mol. The average Bonchev–Trinajstić information content (AvgIpc) is 3.09. The van der Waals surface area contributed by atoms with Crippen molar-refractivity contribution < 1.29 is 19.1 Å². The van der Waals surface area contributed by atoms with Crippen molar-refractivity contribution in [1.82, 2.24) is 9.88 Å². The number of aromatic nitrogens is 1. The molecular weight excluding hydrogens is 396 g/mol. The molecule has 0 bridgehead atoms. The Morgan fingerprint density at radius 1 is 1.29 bits per heavy atom. The van der Waals surface area contributed by atoms with Crippen LogP contribution in [0.15, 0.2) is 18.3 Å². The van der Waals surface area contributed by atoms with Gasteiger partial charge >= 0.3 is 6.09 Å². The first-order valence-electron chi connectivity index (χ1n) is 11.5. The van der Waals surface area contributed by atoms with Gasteiger partial charge in [-0.25, -0.2) is 9.78 Å². The predicted molar refractivity (Wildman–Crippen MR) is 118 cm³/mol. The molecule has 4 heterocycles. The van der Waals surface area contributed by atoms with E-state index in [4.69, 9.17) is 9.47 Å². The van der Waals surface area contributed by atoms with E-state index in [1.54, 1.807) is 6.20 Å². The van der Waals surface area contributed by atoms with Crippen LogP contribution in [0.3, 0.4) is 0 Å². The molecule has 3 saturated heterocycles. The number of ether oxygens (including phenoxy) is 2. The number of piperidine rings is 1. The van der Waals surface area contributed by atoms with Crippen LogP contribution in [0.5, 0.6) is 0 Å². The number of carbonyl (C=O) groups is 2. The number of nitrogens with one attached hydrogen (secondary N) is 1. The van der Waals surface area contributed by atoms with Gasteiger partial charge in [-0.05, 0) is 50.2 Å². The van der Waals surface area contributed by atoms with Crippen LogP contribution in [0.4, 0.5) is 16.3 Å². The topological polar surface area (TPSA) is 84.0 Å². The van der Waals surface area contributed by atoms with Crippen molar-refractivity contribution in [2.75, 3.05) is 49.7 Å². The lowest BCUT2D eigenvalue weighted by Crippen LogP contribution is -2.50. The molecule has 31 heavy (non-hydrogen) atoms. The smallest absolute Gasteiger partial charge is 0.411 e. The third-order valence-electron chi connectivity index (χ3n) is 6.62. The highest BCUT2D eigenvalue weighted by Crippen LogP contribution is 2.42. The second-order valence-corrected chi connectivity index (χ2v) is 9.42. The molecule has 1 atom stereocenters. The van der Waals surface area contributed by atoms with Gasteiger partial charge in [-0.1, -0.05) is 13.8 Å². The van der Waals surface area contributed by atoms with E-state index in [-0.39, 0.29) is 5.41 Å². The van der Waals surface area contributed by atoms with Crippen LogP contribution in [0.25, 0.3) is 0 Å². The maximum atomic E-state index is 13.4. The van der Waals surface area contributed by atoms with Gasteiger partial charge in [0, 0.05) is 38.9 Å². The van der Waals surface area contributed by atoms with E-state index in [9.17, 15) is 9.59 Å². The van der Waals surface area contributed by atoms with Crippen LogP contribution in [0.1, 0.15) is 46.0 Å². The summed E-state index contributed by atoms with van der Waals surface area (Å²) in [5, 5.41) is 2.71. The molecule has 1 N–H and O–H groups in total. The Bertz CT molecular complexity index is 778. The molecule has 8 nitrogen and oxygen atoms in total. The van der Waals surface area contributed by atoms with E-state index in [0.717, 1.165) is 64.2 Å². The van der Waals surface area contributed by atoms with Crippen LogP contribution in [-0.2, 0) is 14.3 Å². The highest BCUT2D eigenvalue weighted by atomic mass is 16.5. The lowest BCUT2D eigenvalue weighted by Gasteiger charge is -2.40. The first-order chi connectivity index (χ1) is 15.0. The van der Waals surface area contributed by atoms with Crippen LogP contribution >= 0.6 is 0 Å². The van der Waals surface area contributed by atoms with E-state index in [1.807, 2.05) is 26.0 Å². The second-order valence-electron chi connectivity index (χ2n) is 9.42. The summed E-state index contributed by atoms with van der Waals surface area (Å²) in [5.74, 6) is 1.45. The molecule has 0 saturated carbocycles. The summed E-state index contributed by atoms with van der Waals surface area (Å²) in [4.78, 5) is 34.2. The molecule has 1 unspecified atom stereocenters. The monoisotopic (exact) mass is 430 g/mol. The summed E-state index contributed by atoms with van der Waals surface area (Å²) in [6.07, 6.45) is 5.92. The lowest BCUT2D eigenvalue weighted by molar-refractivity contribution is -0.139. The number of pyridine rings is 1. The summed E-state index contributed by atoms with van der Waals surface area (Å²) >= 11 is 0. The van der Waals surface area contributed by atoms with Gasteiger partial charge in [0.05, 0.1) is 23.9 Å². The predicted octanol–water partition coefficient (Wildman–Crippen LogP) is 3.28. The van der Waals surface area contributed by atoms with Crippen molar-refractivity contribution in [3.8, 4) is 0 Å². The number of nitrogens with zero attached hydrogens (tertiary/aromatic N) is 3. The van der Waals surface area contributed by atoms with E-state index in [0.29, 0.717) is 36.7 Å². The van der Waals surface area contributed by atoms with Crippen LogP contribution in [0, 0.1) is 11.3 Å². The summed E-state index contributed by atoms with van der Waals surface area (Å²) in [5.41, 5.74) is 0.308. The first kappa shape index (κ1) is 21.9. The van der Waals surface area contributed by atoms with Crippen molar-refractivity contribution in [2.24, 2.45) is 11.3 Å². The Kier molecular flexibility index (Phi) is 6.65. The minimum absolute atomic E-state index is 0.290. The largest absolute Gasteiger partial charge is 0.449 e. The Balaban J connectivity index is 1.37. The number of hydrogen-bond donors (Lipinski definition) is 1. The van der Waals surface area contributed by atoms with Crippen molar-refractivity contribution in [1.29, 1.82) is 0 Å². The standard InChI is InChI=1S/C23H34N4O4/c1-17(2)15-31-22(29)25-18-4-5-20(24-14-18)26-10-3-8-23(16-26)9-11-27(21(23)28)19-6-12-30-13-7-19/h4-5,14,17,19H,3,6-13,15-16H2,1-2H3,(H,25,29). The number of rotatable bonds is 5. The zero-order valence-corrected chi connectivity index (χ0v) is 18.6. The van der Waals surface area contributed by atoms with Crippen molar-refractivity contribution in [2.45, 2.75) is 52.0 Å². The van der Waals surface area contributed by atoms with E-state index in [1.165, 1.54) is 0 Å². The molecule has 170 valence electrons. The van der Waals surface area contributed by atoms with Gasteiger partial charge in [-0.15, -0.1) is 0 Å². The molecule has 3 aliphatic heterocycles. The number of likely N-dealkylation sites (tertiary alicyclic amines) is 1. The normalized spacial score (nSPS) is 24.8. The Labute approximate surface area is 184 Å². The van der Waals surface area contributed by atoms with Gasteiger partial charge in [0.2, 0.25) is 5.91 Å². The number of hydrogen-bond acceptors (Lipinski definition) is 6. The molecule has 0 aliphatic carbocycles. The molecule has 0 radical (unpaired) electrons. The fourth-order valence-corrected chi connectivity index (χ4v) is 4.94. The molecule has 1 aromatic rings. The molecule has 8 heteroatoms. The van der Waals surface area contributed by atoms with Crippen molar-refractivity contribution in [3.05, 3.63) is 18.3 Å². The Morgan fingerprint density at radius 3 is 2.81 bits per heavy atom. The van der Waals surface area contributed by atoms with Crippen molar-refractivity contribution >= 4 is 23.5 Å². The Morgan fingerprint density at radius 2 is 2.10 bits per heavy atom. The third kappa shape index (κ3) is 4.95. The maximum absolute atomic E-state index is 13.4. The minimum Gasteiger partial charge on any atom is -0.449 e. The summed E-state index contributed by atoms with van der Waals surface area (Å²) < 4.78 is 10.6. The van der Waals surface area contributed by atoms with E-state index < -0.39 is 6.09 Å². The number of amides is 2. The van der Waals surface area contributed by atoms with Gasteiger partial charge in [-0.3, -0.25) is 10.1 Å². The molecule has 3 aliphatic rings. The van der Waals surface area contributed by atoms with Crippen molar-refractivity contribution in [3.63, 3.8) is 0 Å². The molecule has 4 rings (SSSR count). The Hall–Kier alpha value is -2.35. The van der Waals surface area contributed by atoms with Gasteiger partial charge in [0.15, 0.2) is 0 Å². The third-order valence-corrected chi connectivity index (χ3v) is 6.62. The quantitative estimate of drug-likeness (QED) is 0.772. The molecule has 3 fully saturated rings. The van der Waals surface area contributed by atoms with Crippen LogP contribution in [-0.4, -0.2) is 67.4 Å². The highest BCUT2D eigenvalue weighted by Gasteiger charge is 2.50. The van der Waals surface area contributed by atoms with Crippen LogP contribution < -0.4 is 10.2 Å². The molecule has 2 amide bonds. The van der Waals surface area contributed by atoms with Gasteiger partial charge in [0.25, 0.3) is 0 Å². The molecule has 0 aromatic carbocycles. The second kappa shape index (κ2) is 9.42.